The molecular weight excluding hydrogens is 378 g/mol. The smallest absolute Gasteiger partial charge is 0.167 e. The fraction of sp³-hybridized carbons (Fsp3) is 0.600. The van der Waals surface area contributed by atoms with Crippen LogP contribution in [0.25, 0.3) is 11.2 Å². The van der Waals surface area contributed by atoms with E-state index in [-0.39, 0.29) is 23.1 Å². The predicted molar refractivity (Wildman–Crippen MR) is 94.3 cm³/mol. The Morgan fingerprint density at radius 1 is 1.41 bits per heavy atom. The Kier molecular flexibility index (Phi) is 5.81. The van der Waals surface area contributed by atoms with E-state index in [2.05, 4.69) is 15.0 Å². The van der Waals surface area contributed by atoms with Crippen LogP contribution in [0.2, 0.25) is 0 Å². The van der Waals surface area contributed by atoms with E-state index in [0.717, 1.165) is 0 Å². The van der Waals surface area contributed by atoms with Crippen LogP contribution < -0.4 is 10.8 Å². The number of carboxylic acids is 1. The summed E-state index contributed by atoms with van der Waals surface area (Å²) in [5, 5.41) is 40.6. The molecule has 0 saturated carbocycles. The van der Waals surface area contributed by atoms with Crippen LogP contribution in [0, 0.1) is 0 Å². The highest BCUT2D eigenvalue weighted by molar-refractivity contribution is 7.96. The van der Waals surface area contributed by atoms with E-state index < -0.39 is 36.6 Å². The van der Waals surface area contributed by atoms with Crippen molar-refractivity contribution in [2.75, 3.05) is 23.5 Å². The number of aromatic nitrogens is 4. The first-order chi connectivity index (χ1) is 12.8. The molecule has 0 amide bonds. The summed E-state index contributed by atoms with van der Waals surface area (Å²) in [6.07, 6.45) is -0.780. The number of aliphatic carboxylic acids is 1. The lowest BCUT2D eigenvalue weighted by molar-refractivity contribution is -0.315. The van der Waals surface area contributed by atoms with Gasteiger partial charge in [0.1, 0.15) is 41.7 Å². The van der Waals surface area contributed by atoms with Crippen LogP contribution in [-0.4, -0.2) is 83.0 Å². The number of nitrogen functional groups attached to an aromatic ring is 1. The Hall–Kier alpha value is -1.99. The van der Waals surface area contributed by atoms with Gasteiger partial charge in [-0.25, -0.2) is 15.0 Å². The minimum atomic E-state index is -1.52. The van der Waals surface area contributed by atoms with Gasteiger partial charge in [0.2, 0.25) is 0 Å². The lowest BCUT2D eigenvalue weighted by Gasteiger charge is -2.16. The Labute approximate surface area is 157 Å². The fourth-order valence-electron chi connectivity index (χ4n) is 2.95. The topological polar surface area (TPSA) is 180 Å². The number of anilines is 1. The zero-order valence-corrected chi connectivity index (χ0v) is 15.3. The van der Waals surface area contributed by atoms with Gasteiger partial charge in [-0.05, 0) is 10.9 Å². The molecule has 2 aromatic rings. The van der Waals surface area contributed by atoms with Crippen molar-refractivity contribution < 1.29 is 30.0 Å². The van der Waals surface area contributed by atoms with Crippen LogP contribution in [0.4, 0.5) is 5.82 Å². The molecule has 11 nitrogen and oxygen atoms in total. The quantitative estimate of drug-likeness (QED) is 0.346. The summed E-state index contributed by atoms with van der Waals surface area (Å²) in [4.78, 5) is 22.7. The molecule has 148 valence electrons. The minimum absolute atomic E-state index is 0.0547. The van der Waals surface area contributed by atoms with Crippen LogP contribution >= 0.6 is 0 Å². The number of hydrogen-bond acceptors (Lipinski definition) is 10. The molecule has 0 spiro atoms. The number of aliphatic hydroxyl groups excluding tert-OH is 3. The number of carbonyl (C=O) groups excluding carboxylic acids is 1. The van der Waals surface area contributed by atoms with E-state index in [9.17, 15) is 25.2 Å². The second-order valence-electron chi connectivity index (χ2n) is 6.41. The van der Waals surface area contributed by atoms with Crippen molar-refractivity contribution in [2.24, 2.45) is 0 Å². The standard InChI is InChI=1S/C15H21N5O6S/c1-27(3-2-7(21)15(24)25)4-8-10(22)11(23)14(26-8)20-6-19-9-12(16)17-5-18-13(9)20/h5-8,10-11,14,21-23H,2-4H2,1H3,(H2-,16,17,18,24,25)/t7?,8-,10-,11-,14-,27?/m1/s1. The Balaban J connectivity index is 1.68. The number of carboxylic acid groups (broad SMARTS) is 1. The molecule has 3 heterocycles. The summed E-state index contributed by atoms with van der Waals surface area (Å²) < 4.78 is 7.34. The van der Waals surface area contributed by atoms with Gasteiger partial charge in [-0.15, -0.1) is 0 Å². The average molecular weight is 399 g/mol. The number of ether oxygens (including phenoxy) is 1. The van der Waals surface area contributed by atoms with E-state index in [1.165, 1.54) is 17.2 Å². The summed E-state index contributed by atoms with van der Waals surface area (Å²) >= 11 is 0. The number of imidazole rings is 1. The van der Waals surface area contributed by atoms with Gasteiger partial charge in [0.05, 0.1) is 24.7 Å². The SMILES string of the molecule is C[S+](CCC(O)C(=O)[O-])C[C@H]1O[C@@H](n2cnc3c(N)ncnc32)[C@H](O)[C@@H]1O. The number of rotatable bonds is 7. The fourth-order valence-corrected chi connectivity index (χ4v) is 4.58. The summed E-state index contributed by atoms with van der Waals surface area (Å²) in [5.41, 5.74) is 6.51. The lowest BCUT2D eigenvalue weighted by atomic mass is 10.1. The molecule has 0 bridgehead atoms. The van der Waals surface area contributed by atoms with Crippen molar-refractivity contribution in [1.82, 2.24) is 19.5 Å². The third kappa shape index (κ3) is 3.99. The van der Waals surface area contributed by atoms with Crippen molar-refractivity contribution in [2.45, 2.75) is 37.1 Å². The van der Waals surface area contributed by atoms with Crippen LogP contribution in [0.5, 0.6) is 0 Å². The van der Waals surface area contributed by atoms with Crippen molar-refractivity contribution in [3.05, 3.63) is 12.7 Å². The number of carbonyl (C=O) groups is 1. The Morgan fingerprint density at radius 3 is 2.85 bits per heavy atom. The molecule has 6 atom stereocenters. The van der Waals surface area contributed by atoms with Gasteiger partial charge in [0.15, 0.2) is 17.7 Å². The molecule has 2 unspecified atom stereocenters. The predicted octanol–water partition coefficient (Wildman–Crippen LogP) is -3.22. The molecule has 0 radical (unpaired) electrons. The summed E-state index contributed by atoms with van der Waals surface area (Å²) in [5.74, 6) is -0.476. The van der Waals surface area contributed by atoms with Crippen molar-refractivity contribution in [3.8, 4) is 0 Å². The summed E-state index contributed by atoms with van der Waals surface area (Å²) in [7, 11) is -0.343. The van der Waals surface area contributed by atoms with E-state index >= 15 is 0 Å². The highest BCUT2D eigenvalue weighted by atomic mass is 32.2. The minimum Gasteiger partial charge on any atom is -0.547 e. The molecule has 5 N–H and O–H groups in total. The van der Waals surface area contributed by atoms with Gasteiger partial charge in [-0.3, -0.25) is 4.57 Å². The van der Waals surface area contributed by atoms with Crippen LogP contribution in [0.1, 0.15) is 12.6 Å². The van der Waals surface area contributed by atoms with Crippen molar-refractivity contribution in [1.29, 1.82) is 0 Å². The first-order valence-corrected chi connectivity index (χ1v) is 10.2. The largest absolute Gasteiger partial charge is 0.547 e. The number of aliphatic hydroxyl groups is 3. The molecule has 1 saturated heterocycles. The van der Waals surface area contributed by atoms with E-state index in [4.69, 9.17) is 10.5 Å². The van der Waals surface area contributed by atoms with E-state index in [0.29, 0.717) is 22.7 Å². The van der Waals surface area contributed by atoms with Gasteiger partial charge in [0, 0.05) is 6.42 Å². The van der Waals surface area contributed by atoms with Crippen LogP contribution in [0.3, 0.4) is 0 Å². The van der Waals surface area contributed by atoms with Gasteiger partial charge in [0.25, 0.3) is 0 Å². The second-order valence-corrected chi connectivity index (χ2v) is 8.71. The summed E-state index contributed by atoms with van der Waals surface area (Å²) in [6, 6.07) is 0. The van der Waals surface area contributed by atoms with Crippen LogP contribution in [-0.2, 0) is 20.4 Å². The van der Waals surface area contributed by atoms with Crippen molar-refractivity contribution in [3.63, 3.8) is 0 Å². The number of nitrogens with zero attached hydrogens (tertiary/aromatic N) is 4. The number of fused-ring (bicyclic) bond motifs is 1. The molecule has 1 aliphatic rings. The molecular formula is C15H21N5O6S. The highest BCUT2D eigenvalue weighted by Crippen LogP contribution is 2.32. The second kappa shape index (κ2) is 7.94. The molecule has 1 fully saturated rings. The molecule has 3 rings (SSSR count). The molecule has 0 aliphatic carbocycles. The summed E-state index contributed by atoms with van der Waals surface area (Å²) in [6.45, 7) is 0. The maximum Gasteiger partial charge on any atom is 0.167 e. The Bertz CT molecular complexity index is 819. The molecule has 2 aromatic heterocycles. The van der Waals surface area contributed by atoms with Gasteiger partial charge < -0.3 is 35.7 Å². The molecule has 27 heavy (non-hydrogen) atoms. The average Bonchev–Trinajstić information content (AvgIpc) is 3.17. The van der Waals surface area contributed by atoms with Gasteiger partial charge >= 0.3 is 0 Å². The maximum absolute atomic E-state index is 10.6. The number of hydrogen-bond donors (Lipinski definition) is 4. The first kappa shape index (κ1) is 19.8. The highest BCUT2D eigenvalue weighted by Gasteiger charge is 2.46. The van der Waals surface area contributed by atoms with Gasteiger partial charge in [-0.1, -0.05) is 0 Å². The zero-order chi connectivity index (χ0) is 19.7. The third-order valence-corrected chi connectivity index (χ3v) is 6.29. The monoisotopic (exact) mass is 399 g/mol. The third-order valence-electron chi connectivity index (χ3n) is 4.46. The molecule has 1 aliphatic heterocycles. The Morgan fingerprint density at radius 2 is 2.15 bits per heavy atom. The molecule has 0 aromatic carbocycles. The zero-order valence-electron chi connectivity index (χ0n) is 14.5. The maximum atomic E-state index is 10.6. The van der Waals surface area contributed by atoms with E-state index in [1.54, 1.807) is 0 Å². The van der Waals surface area contributed by atoms with E-state index in [1.807, 2.05) is 6.26 Å². The van der Waals surface area contributed by atoms with Crippen LogP contribution in [0.15, 0.2) is 12.7 Å². The van der Waals surface area contributed by atoms with Gasteiger partial charge in [-0.2, -0.15) is 0 Å². The normalized spacial score (nSPS) is 27.7. The number of nitrogens with two attached hydrogens (primary N) is 1. The molecule has 12 heteroatoms. The first-order valence-electron chi connectivity index (χ1n) is 8.22. The van der Waals surface area contributed by atoms with Crippen molar-refractivity contribution >= 4 is 33.8 Å². The lowest BCUT2D eigenvalue weighted by Crippen LogP contribution is -2.38.